The Morgan fingerprint density at radius 1 is 1.44 bits per heavy atom. The molecule has 0 bridgehead atoms. The Kier molecular flexibility index (Phi) is 4.36. The summed E-state index contributed by atoms with van der Waals surface area (Å²) >= 11 is 3.38. The zero-order valence-electron chi connectivity index (χ0n) is 10.7. The lowest BCUT2D eigenvalue weighted by atomic mass is 10.4. The summed E-state index contributed by atoms with van der Waals surface area (Å²) in [5.74, 6) is -0.0294. The fraction of sp³-hybridized carbons (Fsp3) is 0.636. The Bertz CT molecular complexity index is 425. The first-order chi connectivity index (χ1) is 8.56. The predicted octanol–water partition coefficient (Wildman–Crippen LogP) is 0.233. The van der Waals surface area contributed by atoms with Crippen LogP contribution in [0.5, 0.6) is 0 Å². The number of nitrogens with one attached hydrogen (secondary N) is 1. The Balaban J connectivity index is 1.84. The molecule has 1 aliphatic heterocycles. The fourth-order valence-corrected chi connectivity index (χ4v) is 2.15. The van der Waals surface area contributed by atoms with Gasteiger partial charge in [0.1, 0.15) is 6.54 Å². The average Bonchev–Trinajstić information content (AvgIpc) is 2.64. The summed E-state index contributed by atoms with van der Waals surface area (Å²) in [6.45, 7) is 5.87. The highest BCUT2D eigenvalue weighted by atomic mass is 79.9. The molecule has 18 heavy (non-hydrogen) atoms. The molecule has 0 spiro atoms. The summed E-state index contributed by atoms with van der Waals surface area (Å²) in [5.41, 5.74) is 3.88. The Morgan fingerprint density at radius 3 is 2.67 bits per heavy atom. The van der Waals surface area contributed by atoms with Crippen molar-refractivity contribution in [2.45, 2.75) is 13.5 Å². The second-order valence-corrected chi connectivity index (χ2v) is 5.42. The van der Waals surface area contributed by atoms with Gasteiger partial charge in [0.05, 0.1) is 16.4 Å². The third-order valence-corrected chi connectivity index (χ3v) is 3.90. The van der Waals surface area contributed by atoms with Crippen LogP contribution in [0.2, 0.25) is 0 Å². The van der Waals surface area contributed by atoms with Crippen LogP contribution in [-0.4, -0.2) is 58.8 Å². The lowest BCUT2D eigenvalue weighted by molar-refractivity contribution is -0.127. The molecule has 0 aromatic carbocycles. The van der Waals surface area contributed by atoms with Crippen LogP contribution in [0.25, 0.3) is 0 Å². The molecule has 0 saturated carbocycles. The molecule has 1 amide bonds. The van der Waals surface area contributed by atoms with Gasteiger partial charge in [-0.1, -0.05) is 0 Å². The van der Waals surface area contributed by atoms with Crippen LogP contribution in [0.3, 0.4) is 0 Å². The number of halogens is 1. The first kappa shape index (κ1) is 13.5. The van der Waals surface area contributed by atoms with Crippen molar-refractivity contribution in [3.8, 4) is 0 Å². The zero-order valence-corrected chi connectivity index (χ0v) is 12.3. The molecule has 0 atom stereocenters. The molecule has 0 radical (unpaired) electrons. The number of nitrogens with zero attached hydrogens (tertiary/aromatic N) is 4. The molecule has 0 unspecified atom stereocenters. The molecule has 1 aliphatic rings. The van der Waals surface area contributed by atoms with E-state index in [4.69, 9.17) is 0 Å². The second-order valence-electron chi connectivity index (χ2n) is 4.56. The lowest BCUT2D eigenvalue weighted by Gasteiger charge is -2.32. The maximum Gasteiger partial charge on any atom is 0.256 e. The van der Waals surface area contributed by atoms with Crippen molar-refractivity contribution >= 4 is 21.8 Å². The predicted molar refractivity (Wildman–Crippen MR) is 71.9 cm³/mol. The Hall–Kier alpha value is -0.920. The SMILES string of the molecule is Cc1c(Br)cnn1CC(=O)NN1CCN(C)CC1. The number of likely N-dealkylation sites (N-methyl/N-ethyl adjacent to an activating group) is 1. The van der Waals surface area contributed by atoms with E-state index >= 15 is 0 Å². The van der Waals surface area contributed by atoms with Gasteiger partial charge in [-0.05, 0) is 29.9 Å². The Morgan fingerprint density at radius 2 is 2.11 bits per heavy atom. The molecule has 1 fully saturated rings. The van der Waals surface area contributed by atoms with E-state index in [1.165, 1.54) is 0 Å². The van der Waals surface area contributed by atoms with Gasteiger partial charge in [0, 0.05) is 26.2 Å². The number of aromatic nitrogens is 2. The van der Waals surface area contributed by atoms with Crippen molar-refractivity contribution in [2.75, 3.05) is 33.2 Å². The van der Waals surface area contributed by atoms with Crippen molar-refractivity contribution in [3.63, 3.8) is 0 Å². The molecule has 100 valence electrons. The van der Waals surface area contributed by atoms with E-state index in [9.17, 15) is 4.79 Å². The summed E-state index contributed by atoms with van der Waals surface area (Å²) in [6.07, 6.45) is 1.71. The van der Waals surface area contributed by atoms with Gasteiger partial charge >= 0.3 is 0 Å². The van der Waals surface area contributed by atoms with Crippen LogP contribution >= 0.6 is 15.9 Å². The molecule has 1 saturated heterocycles. The first-order valence-electron chi connectivity index (χ1n) is 5.97. The van der Waals surface area contributed by atoms with Crippen LogP contribution in [-0.2, 0) is 11.3 Å². The number of carbonyl (C=O) groups excluding carboxylic acids is 1. The third-order valence-electron chi connectivity index (χ3n) is 3.12. The maximum atomic E-state index is 11.9. The highest BCUT2D eigenvalue weighted by Gasteiger charge is 2.16. The van der Waals surface area contributed by atoms with Gasteiger partial charge < -0.3 is 4.90 Å². The van der Waals surface area contributed by atoms with E-state index < -0.39 is 0 Å². The molecule has 1 aromatic rings. The van der Waals surface area contributed by atoms with Crippen molar-refractivity contribution in [1.29, 1.82) is 0 Å². The number of amides is 1. The van der Waals surface area contributed by atoms with Crippen LogP contribution in [0, 0.1) is 6.92 Å². The van der Waals surface area contributed by atoms with Gasteiger partial charge in [-0.25, -0.2) is 5.01 Å². The highest BCUT2D eigenvalue weighted by molar-refractivity contribution is 9.10. The zero-order chi connectivity index (χ0) is 13.1. The van der Waals surface area contributed by atoms with Gasteiger partial charge in [-0.15, -0.1) is 0 Å². The fourth-order valence-electron chi connectivity index (χ4n) is 1.85. The normalized spacial score (nSPS) is 17.9. The van der Waals surface area contributed by atoms with Crippen molar-refractivity contribution in [3.05, 3.63) is 16.4 Å². The van der Waals surface area contributed by atoms with Crippen molar-refractivity contribution in [2.24, 2.45) is 0 Å². The standard InChI is InChI=1S/C11H18BrN5O/c1-9-10(12)7-13-17(9)8-11(18)14-16-5-3-15(2)4-6-16/h7H,3-6,8H2,1-2H3,(H,14,18). The van der Waals surface area contributed by atoms with E-state index in [2.05, 4.69) is 38.4 Å². The monoisotopic (exact) mass is 315 g/mol. The van der Waals surface area contributed by atoms with Gasteiger partial charge in [0.15, 0.2) is 0 Å². The largest absolute Gasteiger partial charge is 0.304 e. The topological polar surface area (TPSA) is 53.4 Å². The van der Waals surface area contributed by atoms with Crippen molar-refractivity contribution in [1.82, 2.24) is 25.1 Å². The van der Waals surface area contributed by atoms with Crippen LogP contribution in [0.1, 0.15) is 5.69 Å². The van der Waals surface area contributed by atoms with Crippen molar-refractivity contribution < 1.29 is 4.79 Å². The molecule has 1 aromatic heterocycles. The highest BCUT2D eigenvalue weighted by Crippen LogP contribution is 2.13. The number of hydrogen-bond donors (Lipinski definition) is 1. The Labute approximate surface area is 115 Å². The average molecular weight is 316 g/mol. The van der Waals surface area contributed by atoms with Crippen LogP contribution in [0.4, 0.5) is 0 Å². The molecular formula is C11H18BrN5O. The number of rotatable bonds is 3. The van der Waals surface area contributed by atoms with E-state index in [0.29, 0.717) is 0 Å². The smallest absolute Gasteiger partial charge is 0.256 e. The summed E-state index contributed by atoms with van der Waals surface area (Å²) < 4.78 is 2.62. The van der Waals surface area contributed by atoms with Gasteiger partial charge in [-0.3, -0.25) is 14.9 Å². The van der Waals surface area contributed by atoms with E-state index in [0.717, 1.165) is 36.3 Å². The number of hydrogen-bond acceptors (Lipinski definition) is 4. The van der Waals surface area contributed by atoms with E-state index in [1.807, 2.05) is 11.9 Å². The quantitative estimate of drug-likeness (QED) is 0.868. The van der Waals surface area contributed by atoms with E-state index in [1.54, 1.807) is 10.9 Å². The molecule has 2 heterocycles. The molecule has 2 rings (SSSR count). The van der Waals surface area contributed by atoms with E-state index in [-0.39, 0.29) is 12.5 Å². The summed E-state index contributed by atoms with van der Waals surface area (Å²) in [6, 6.07) is 0. The van der Waals surface area contributed by atoms with Gasteiger partial charge in [0.25, 0.3) is 5.91 Å². The summed E-state index contributed by atoms with van der Waals surface area (Å²) in [5, 5.41) is 6.11. The molecular weight excluding hydrogens is 298 g/mol. The minimum atomic E-state index is -0.0294. The molecule has 6 nitrogen and oxygen atoms in total. The van der Waals surface area contributed by atoms with Gasteiger partial charge in [-0.2, -0.15) is 5.10 Å². The van der Waals surface area contributed by atoms with Crippen LogP contribution < -0.4 is 5.43 Å². The number of piperazine rings is 1. The molecule has 0 aliphatic carbocycles. The molecule has 1 N–H and O–H groups in total. The minimum Gasteiger partial charge on any atom is -0.304 e. The molecule has 7 heteroatoms. The summed E-state index contributed by atoms with van der Waals surface area (Å²) in [4.78, 5) is 14.1. The minimum absolute atomic E-state index is 0.0294. The summed E-state index contributed by atoms with van der Waals surface area (Å²) in [7, 11) is 2.09. The maximum absolute atomic E-state index is 11.9. The lowest BCUT2D eigenvalue weighted by Crippen LogP contribution is -2.53. The van der Waals surface area contributed by atoms with Crippen LogP contribution in [0.15, 0.2) is 10.7 Å². The number of hydrazine groups is 1. The van der Waals surface area contributed by atoms with Gasteiger partial charge in [0.2, 0.25) is 0 Å². The first-order valence-corrected chi connectivity index (χ1v) is 6.76. The number of carbonyl (C=O) groups is 1. The second kappa shape index (κ2) is 5.81. The third kappa shape index (κ3) is 3.30.